The van der Waals surface area contributed by atoms with Crippen LogP contribution in [0.3, 0.4) is 0 Å². The Hall–Kier alpha value is -2.05. The van der Waals surface area contributed by atoms with E-state index in [0.29, 0.717) is 30.3 Å². The quantitative estimate of drug-likeness (QED) is 0.793. The van der Waals surface area contributed by atoms with Crippen LogP contribution in [0, 0.1) is 5.92 Å². The summed E-state index contributed by atoms with van der Waals surface area (Å²) in [4.78, 5) is 0.304. The maximum Gasteiger partial charge on any atom is 0.243 e. The van der Waals surface area contributed by atoms with E-state index in [4.69, 9.17) is 9.47 Å². The molecule has 0 bridgehead atoms. The number of methoxy groups -OCH3 is 1. The van der Waals surface area contributed by atoms with E-state index in [2.05, 4.69) is 0 Å². The van der Waals surface area contributed by atoms with Gasteiger partial charge in [-0.1, -0.05) is 18.2 Å². The number of ether oxygens (including phenoxy) is 2. The molecule has 1 aliphatic rings. The SMILES string of the molecule is COc1ccc(S(=O)(=O)N2CCCC(COc3ccccc3)C2)cc1. The maximum atomic E-state index is 12.9. The van der Waals surface area contributed by atoms with Crippen LogP contribution in [0.5, 0.6) is 11.5 Å². The number of piperidine rings is 1. The van der Waals surface area contributed by atoms with Gasteiger partial charge in [0.1, 0.15) is 11.5 Å². The van der Waals surface area contributed by atoms with Gasteiger partial charge in [0.15, 0.2) is 0 Å². The first-order chi connectivity index (χ1) is 12.1. The molecule has 2 aromatic rings. The van der Waals surface area contributed by atoms with Crippen molar-refractivity contribution in [2.75, 3.05) is 26.8 Å². The Balaban J connectivity index is 1.65. The molecule has 3 rings (SSSR count). The van der Waals surface area contributed by atoms with Gasteiger partial charge in [0.05, 0.1) is 18.6 Å². The zero-order valence-corrected chi connectivity index (χ0v) is 15.1. The van der Waals surface area contributed by atoms with Crippen molar-refractivity contribution < 1.29 is 17.9 Å². The molecule has 6 heteroatoms. The predicted molar refractivity (Wildman–Crippen MR) is 96.4 cm³/mol. The summed E-state index contributed by atoms with van der Waals surface area (Å²) in [7, 11) is -1.92. The number of para-hydroxylation sites is 1. The highest BCUT2D eigenvalue weighted by Crippen LogP contribution is 2.25. The molecule has 2 aromatic carbocycles. The van der Waals surface area contributed by atoms with Crippen molar-refractivity contribution in [3.05, 3.63) is 54.6 Å². The van der Waals surface area contributed by atoms with Crippen LogP contribution in [0.4, 0.5) is 0 Å². The molecule has 5 nitrogen and oxygen atoms in total. The third-order valence-electron chi connectivity index (χ3n) is 4.41. The van der Waals surface area contributed by atoms with Crippen LogP contribution in [-0.2, 0) is 10.0 Å². The van der Waals surface area contributed by atoms with E-state index in [1.165, 1.54) is 0 Å². The Morgan fingerprint density at radius 1 is 1.04 bits per heavy atom. The number of sulfonamides is 1. The highest BCUT2D eigenvalue weighted by molar-refractivity contribution is 7.89. The van der Waals surface area contributed by atoms with E-state index >= 15 is 0 Å². The summed E-state index contributed by atoms with van der Waals surface area (Å²) in [5.41, 5.74) is 0. The van der Waals surface area contributed by atoms with Gasteiger partial charge in [0.2, 0.25) is 10.0 Å². The Morgan fingerprint density at radius 3 is 2.44 bits per heavy atom. The Labute approximate surface area is 149 Å². The average molecular weight is 361 g/mol. The average Bonchev–Trinajstić information content (AvgIpc) is 2.67. The molecule has 134 valence electrons. The van der Waals surface area contributed by atoms with Crippen LogP contribution in [0.1, 0.15) is 12.8 Å². The predicted octanol–water partition coefficient (Wildman–Crippen LogP) is 3.17. The van der Waals surface area contributed by atoms with Crippen molar-refractivity contribution in [2.24, 2.45) is 5.92 Å². The summed E-state index contributed by atoms with van der Waals surface area (Å²) in [5.74, 6) is 1.66. The van der Waals surface area contributed by atoms with Crippen molar-refractivity contribution in [1.82, 2.24) is 4.31 Å². The van der Waals surface area contributed by atoms with Crippen LogP contribution in [0.25, 0.3) is 0 Å². The van der Waals surface area contributed by atoms with Gasteiger partial charge >= 0.3 is 0 Å². The number of hydrogen-bond acceptors (Lipinski definition) is 4. The molecule has 0 amide bonds. The van der Waals surface area contributed by atoms with E-state index in [1.54, 1.807) is 35.7 Å². The van der Waals surface area contributed by atoms with Crippen molar-refractivity contribution in [3.8, 4) is 11.5 Å². The molecule has 0 N–H and O–H groups in total. The second-order valence-electron chi connectivity index (χ2n) is 6.17. The van der Waals surface area contributed by atoms with Crippen LogP contribution < -0.4 is 9.47 Å². The molecule has 1 unspecified atom stereocenters. The molecule has 0 spiro atoms. The molecule has 1 heterocycles. The first kappa shape index (κ1) is 17.8. The summed E-state index contributed by atoms with van der Waals surface area (Å²) < 4.78 is 38.2. The second kappa shape index (κ2) is 7.89. The fourth-order valence-electron chi connectivity index (χ4n) is 3.01. The topological polar surface area (TPSA) is 55.8 Å². The van der Waals surface area contributed by atoms with Gasteiger partial charge in [-0.05, 0) is 49.2 Å². The van der Waals surface area contributed by atoms with Crippen LogP contribution in [-0.4, -0.2) is 39.5 Å². The minimum atomic E-state index is -3.48. The lowest BCUT2D eigenvalue weighted by Crippen LogP contribution is -2.41. The van der Waals surface area contributed by atoms with Crippen molar-refractivity contribution in [2.45, 2.75) is 17.7 Å². The lowest BCUT2D eigenvalue weighted by atomic mass is 10.0. The van der Waals surface area contributed by atoms with Gasteiger partial charge in [0, 0.05) is 19.0 Å². The van der Waals surface area contributed by atoms with E-state index in [-0.39, 0.29) is 5.92 Å². The lowest BCUT2D eigenvalue weighted by molar-refractivity contribution is 0.180. The lowest BCUT2D eigenvalue weighted by Gasteiger charge is -2.31. The fraction of sp³-hybridized carbons (Fsp3) is 0.368. The van der Waals surface area contributed by atoms with Gasteiger partial charge in [-0.25, -0.2) is 8.42 Å². The van der Waals surface area contributed by atoms with Gasteiger partial charge in [-0.2, -0.15) is 4.31 Å². The van der Waals surface area contributed by atoms with Crippen LogP contribution in [0.15, 0.2) is 59.5 Å². The zero-order valence-electron chi connectivity index (χ0n) is 14.3. The normalized spacial score (nSPS) is 18.7. The molecular formula is C19H23NO4S. The Bertz CT molecular complexity index is 775. The first-order valence-corrected chi connectivity index (χ1v) is 9.85. The second-order valence-corrected chi connectivity index (χ2v) is 8.11. The molecule has 0 radical (unpaired) electrons. The molecule has 1 saturated heterocycles. The molecule has 0 aliphatic carbocycles. The van der Waals surface area contributed by atoms with Crippen LogP contribution in [0.2, 0.25) is 0 Å². The minimum absolute atomic E-state index is 0.196. The van der Waals surface area contributed by atoms with Gasteiger partial charge in [-0.3, -0.25) is 0 Å². The largest absolute Gasteiger partial charge is 0.497 e. The van der Waals surface area contributed by atoms with E-state index in [9.17, 15) is 8.42 Å². The van der Waals surface area contributed by atoms with E-state index in [0.717, 1.165) is 18.6 Å². The smallest absolute Gasteiger partial charge is 0.243 e. The van der Waals surface area contributed by atoms with E-state index in [1.807, 2.05) is 30.3 Å². The number of benzene rings is 2. The summed E-state index contributed by atoms with van der Waals surface area (Å²) in [5, 5.41) is 0. The van der Waals surface area contributed by atoms with Gasteiger partial charge < -0.3 is 9.47 Å². The monoisotopic (exact) mass is 361 g/mol. The molecule has 1 aliphatic heterocycles. The van der Waals surface area contributed by atoms with Gasteiger partial charge in [0.25, 0.3) is 0 Å². The minimum Gasteiger partial charge on any atom is -0.497 e. The molecule has 0 saturated carbocycles. The third-order valence-corrected chi connectivity index (χ3v) is 6.29. The number of rotatable bonds is 6. The standard InChI is InChI=1S/C19H23NO4S/c1-23-17-9-11-19(12-10-17)25(21,22)20-13-5-6-16(14-20)15-24-18-7-3-2-4-8-18/h2-4,7-12,16H,5-6,13-15H2,1H3. The maximum absolute atomic E-state index is 12.9. The molecule has 0 aromatic heterocycles. The van der Waals surface area contributed by atoms with Crippen molar-refractivity contribution >= 4 is 10.0 Å². The Morgan fingerprint density at radius 2 is 1.76 bits per heavy atom. The summed E-state index contributed by atoms with van der Waals surface area (Å²) in [6.07, 6.45) is 1.82. The highest BCUT2D eigenvalue weighted by Gasteiger charge is 2.30. The fourth-order valence-corrected chi connectivity index (χ4v) is 4.56. The van der Waals surface area contributed by atoms with Crippen LogP contribution >= 0.6 is 0 Å². The number of hydrogen-bond donors (Lipinski definition) is 0. The summed E-state index contributed by atoms with van der Waals surface area (Å²) in [6, 6.07) is 16.2. The van der Waals surface area contributed by atoms with Crippen molar-refractivity contribution in [3.63, 3.8) is 0 Å². The number of nitrogens with zero attached hydrogens (tertiary/aromatic N) is 1. The third kappa shape index (κ3) is 4.32. The van der Waals surface area contributed by atoms with Gasteiger partial charge in [-0.15, -0.1) is 0 Å². The molecule has 1 atom stereocenters. The summed E-state index contributed by atoms with van der Waals surface area (Å²) >= 11 is 0. The molecule has 25 heavy (non-hydrogen) atoms. The summed E-state index contributed by atoms with van der Waals surface area (Å²) in [6.45, 7) is 1.57. The highest BCUT2D eigenvalue weighted by atomic mass is 32.2. The first-order valence-electron chi connectivity index (χ1n) is 8.41. The molecular weight excluding hydrogens is 338 g/mol. The Kier molecular flexibility index (Phi) is 5.60. The zero-order chi connectivity index (χ0) is 17.7. The van der Waals surface area contributed by atoms with E-state index < -0.39 is 10.0 Å². The van der Waals surface area contributed by atoms with Crippen molar-refractivity contribution in [1.29, 1.82) is 0 Å². The molecule has 1 fully saturated rings.